The summed E-state index contributed by atoms with van der Waals surface area (Å²) in [6.07, 6.45) is -7.90. The van der Waals surface area contributed by atoms with Crippen molar-refractivity contribution in [3.8, 4) is 17.2 Å². The van der Waals surface area contributed by atoms with Crippen molar-refractivity contribution < 1.29 is 44.5 Å². The van der Waals surface area contributed by atoms with Gasteiger partial charge in [0.25, 0.3) is 5.89 Å². The Balaban J connectivity index is 1.60. The van der Waals surface area contributed by atoms with Gasteiger partial charge in [-0.2, -0.15) is 8.78 Å². The van der Waals surface area contributed by atoms with Crippen LogP contribution in [0, 0.1) is 5.82 Å². The van der Waals surface area contributed by atoms with Crippen LogP contribution in [0.5, 0.6) is 5.75 Å². The lowest BCUT2D eigenvalue weighted by atomic mass is 10.1. The van der Waals surface area contributed by atoms with E-state index in [1.54, 1.807) is 0 Å². The van der Waals surface area contributed by atoms with Crippen LogP contribution in [0.3, 0.4) is 0 Å². The van der Waals surface area contributed by atoms with Gasteiger partial charge in [-0.05, 0) is 36.4 Å². The van der Waals surface area contributed by atoms with E-state index >= 15 is 4.39 Å². The van der Waals surface area contributed by atoms with Crippen molar-refractivity contribution in [2.24, 2.45) is 0 Å². The van der Waals surface area contributed by atoms with Gasteiger partial charge in [-0.15, -0.1) is 23.4 Å². The van der Waals surface area contributed by atoms with Gasteiger partial charge >= 0.3 is 18.8 Å². The molecule has 0 radical (unpaired) electrons. The smallest absolute Gasteiger partial charge is 0.415 e. The molecule has 1 saturated heterocycles. The topological polar surface area (TPSA) is 88.8 Å². The van der Waals surface area contributed by atoms with Crippen LogP contribution in [0.2, 0.25) is 0 Å². The molecule has 0 bridgehead atoms. The van der Waals surface area contributed by atoms with Gasteiger partial charge in [0.2, 0.25) is 5.89 Å². The Morgan fingerprint density at radius 1 is 1.11 bits per heavy atom. The average Bonchev–Trinajstić information content (AvgIpc) is 3.34. The number of hydrogen-bond acceptors (Lipinski definition) is 6. The number of urea groups is 1. The van der Waals surface area contributed by atoms with Gasteiger partial charge in [-0.1, -0.05) is 6.07 Å². The number of aromatic nitrogens is 2. The van der Waals surface area contributed by atoms with E-state index in [-0.39, 0.29) is 53.8 Å². The maximum atomic E-state index is 15.0. The second-order valence-electron chi connectivity index (χ2n) is 7.80. The van der Waals surface area contributed by atoms with Crippen molar-refractivity contribution >= 4 is 22.5 Å². The molecule has 1 fully saturated rings. The number of carbonyl (C=O) groups excluding carboxylic acids is 1. The lowest BCUT2D eigenvalue weighted by Gasteiger charge is -2.33. The zero-order valence-electron chi connectivity index (χ0n) is 18.8. The van der Waals surface area contributed by atoms with Gasteiger partial charge in [-0.25, -0.2) is 9.18 Å². The number of carbonyl (C=O) groups is 1. The van der Waals surface area contributed by atoms with E-state index in [1.165, 1.54) is 29.2 Å². The first-order chi connectivity index (χ1) is 17.5. The van der Waals surface area contributed by atoms with Crippen LogP contribution in [0.25, 0.3) is 11.5 Å². The first-order valence-corrected chi connectivity index (χ1v) is 12.2. The molecule has 0 aliphatic carbocycles. The van der Waals surface area contributed by atoms with Crippen LogP contribution < -0.4 is 9.64 Å². The Bertz CT molecular complexity index is 1270. The number of alkyl halides is 5. The molecule has 0 unspecified atom stereocenters. The summed E-state index contributed by atoms with van der Waals surface area (Å²) in [4.78, 5) is 15.9. The number of anilines is 1. The summed E-state index contributed by atoms with van der Waals surface area (Å²) in [6.45, 7) is 0.0423. The minimum absolute atomic E-state index is 0.0157. The summed E-state index contributed by atoms with van der Waals surface area (Å²) in [7, 11) is -1.07. The minimum atomic E-state index is -4.90. The van der Waals surface area contributed by atoms with Crippen molar-refractivity contribution in [1.29, 1.82) is 0 Å². The van der Waals surface area contributed by atoms with Crippen molar-refractivity contribution in [1.82, 2.24) is 15.1 Å². The number of rotatable bonds is 6. The van der Waals surface area contributed by atoms with E-state index in [2.05, 4.69) is 14.9 Å². The highest BCUT2D eigenvalue weighted by Gasteiger charge is 2.31. The van der Waals surface area contributed by atoms with Crippen LogP contribution in [-0.2, 0) is 17.3 Å². The standard InChI is InChI=1S/C22H18F6N4O4S/c23-17-11-13(19-29-30-20(35-19)18(24)25)1-2-14(17)12-32(21(33)31-7-9-37(34)10-8-31)15-3-5-16(6-4-15)36-22(26,27)28/h1-6,11,18H,7-10,12H2. The van der Waals surface area contributed by atoms with Crippen molar-refractivity contribution in [2.45, 2.75) is 19.3 Å². The third kappa shape index (κ3) is 6.58. The molecule has 2 aromatic carbocycles. The van der Waals surface area contributed by atoms with Crippen molar-refractivity contribution in [2.75, 3.05) is 29.5 Å². The molecular formula is C22H18F6N4O4S. The SMILES string of the molecule is O=C(N1CCS(=O)CC1)N(Cc1ccc(-c2nnc(C(F)F)o2)cc1F)c1ccc(OC(F)(F)F)cc1. The lowest BCUT2D eigenvalue weighted by molar-refractivity contribution is -0.274. The van der Waals surface area contributed by atoms with Gasteiger partial charge < -0.3 is 14.1 Å². The molecule has 0 atom stereocenters. The molecule has 0 saturated carbocycles. The summed E-state index contributed by atoms with van der Waals surface area (Å²) < 4.78 is 98.4. The van der Waals surface area contributed by atoms with Gasteiger partial charge in [0.1, 0.15) is 11.6 Å². The fourth-order valence-corrected chi connectivity index (χ4v) is 4.57. The number of halogens is 6. The number of amides is 2. The van der Waals surface area contributed by atoms with Gasteiger partial charge in [0.05, 0.1) is 6.54 Å². The highest BCUT2D eigenvalue weighted by atomic mass is 32.2. The lowest BCUT2D eigenvalue weighted by Crippen LogP contribution is -2.48. The number of hydrogen-bond donors (Lipinski definition) is 0. The molecule has 0 N–H and O–H groups in total. The van der Waals surface area contributed by atoms with E-state index in [1.807, 2.05) is 0 Å². The maximum Gasteiger partial charge on any atom is 0.573 e. The van der Waals surface area contributed by atoms with Crippen LogP contribution in [0.15, 0.2) is 46.9 Å². The molecule has 1 aromatic heterocycles. The van der Waals surface area contributed by atoms with Gasteiger partial charge in [0, 0.05) is 52.2 Å². The molecule has 198 valence electrons. The second kappa shape index (κ2) is 10.8. The van der Waals surface area contributed by atoms with E-state index in [9.17, 15) is 31.0 Å². The van der Waals surface area contributed by atoms with Gasteiger partial charge in [-0.3, -0.25) is 9.11 Å². The monoisotopic (exact) mass is 548 g/mol. The minimum Gasteiger partial charge on any atom is -0.415 e. The van der Waals surface area contributed by atoms with Crippen LogP contribution in [0.4, 0.5) is 36.8 Å². The molecule has 2 amide bonds. The second-order valence-corrected chi connectivity index (χ2v) is 9.49. The third-order valence-corrected chi connectivity index (χ3v) is 6.59. The molecule has 3 aromatic rings. The first kappa shape index (κ1) is 26.4. The maximum absolute atomic E-state index is 15.0. The molecular weight excluding hydrogens is 530 g/mol. The van der Waals surface area contributed by atoms with E-state index in [4.69, 9.17) is 4.42 Å². The quantitative estimate of drug-likeness (QED) is 0.407. The van der Waals surface area contributed by atoms with Crippen molar-refractivity contribution in [3.63, 3.8) is 0 Å². The normalized spacial score (nSPS) is 14.7. The molecule has 0 spiro atoms. The largest absolute Gasteiger partial charge is 0.573 e. The Labute approximate surface area is 208 Å². The van der Waals surface area contributed by atoms with Crippen LogP contribution in [-0.4, -0.2) is 56.3 Å². The van der Waals surface area contributed by atoms with Crippen LogP contribution >= 0.6 is 0 Å². The summed E-state index contributed by atoms with van der Waals surface area (Å²) >= 11 is 0. The summed E-state index contributed by atoms with van der Waals surface area (Å²) in [5.74, 6) is -2.05. The molecule has 4 rings (SSSR count). The molecule has 37 heavy (non-hydrogen) atoms. The zero-order valence-corrected chi connectivity index (χ0v) is 19.6. The molecule has 2 heterocycles. The highest BCUT2D eigenvalue weighted by molar-refractivity contribution is 7.85. The molecule has 8 nitrogen and oxygen atoms in total. The highest BCUT2D eigenvalue weighted by Crippen LogP contribution is 2.29. The van der Waals surface area contributed by atoms with Crippen molar-refractivity contribution in [3.05, 3.63) is 59.7 Å². The average molecular weight is 548 g/mol. The Morgan fingerprint density at radius 2 is 1.78 bits per heavy atom. The summed E-state index contributed by atoms with van der Waals surface area (Å²) in [5, 5.41) is 6.66. The summed E-state index contributed by atoms with van der Waals surface area (Å²) in [6, 6.07) is 7.52. The predicted octanol–water partition coefficient (Wildman–Crippen LogP) is 4.90. The fraction of sp³-hybridized carbons (Fsp3) is 0.318. The van der Waals surface area contributed by atoms with E-state index in [0.717, 1.165) is 23.1 Å². The zero-order chi connectivity index (χ0) is 26.7. The molecule has 1 aliphatic rings. The number of ether oxygens (including phenoxy) is 1. The fourth-order valence-electron chi connectivity index (χ4n) is 3.52. The van der Waals surface area contributed by atoms with Gasteiger partial charge in [0.15, 0.2) is 0 Å². The molecule has 1 aliphatic heterocycles. The Kier molecular flexibility index (Phi) is 7.71. The predicted molar refractivity (Wildman–Crippen MR) is 119 cm³/mol. The molecule has 15 heteroatoms. The van der Waals surface area contributed by atoms with Crippen LogP contribution in [0.1, 0.15) is 17.9 Å². The third-order valence-electron chi connectivity index (χ3n) is 5.32. The van der Waals surface area contributed by atoms with E-state index < -0.39 is 47.1 Å². The Hall–Kier alpha value is -3.62. The summed E-state index contributed by atoms with van der Waals surface area (Å²) in [5.41, 5.74) is 0.209. The number of nitrogens with zero attached hydrogens (tertiary/aromatic N) is 4. The number of benzene rings is 2. The van der Waals surface area contributed by atoms with E-state index in [0.29, 0.717) is 0 Å². The first-order valence-electron chi connectivity index (χ1n) is 10.7. The Morgan fingerprint density at radius 3 is 2.35 bits per heavy atom.